The number of rotatable bonds is 3. The zero-order chi connectivity index (χ0) is 13.1. The summed E-state index contributed by atoms with van der Waals surface area (Å²) in [7, 11) is 0. The van der Waals surface area contributed by atoms with Crippen LogP contribution in [0.1, 0.15) is 29.3 Å². The fourth-order valence-electron chi connectivity index (χ4n) is 1.83. The summed E-state index contributed by atoms with van der Waals surface area (Å²) in [5.41, 5.74) is 3.98. The van der Waals surface area contributed by atoms with Gasteiger partial charge in [0.05, 0.1) is 0 Å². The van der Waals surface area contributed by atoms with Crippen LogP contribution in [0.4, 0.5) is 0 Å². The van der Waals surface area contributed by atoms with Crippen LogP contribution < -0.4 is 0 Å². The highest BCUT2D eigenvalue weighted by Crippen LogP contribution is 2.25. The average molecular weight is 259 g/mol. The lowest BCUT2D eigenvalue weighted by atomic mass is 10.0. The van der Waals surface area contributed by atoms with Gasteiger partial charge in [-0.1, -0.05) is 54.9 Å². The SMILES string of the molecule is CCC(=O)c1ccc(-c2ccc(C)c(Cl)c2)cc1. The number of ketones is 1. The number of aryl methyl sites for hydroxylation is 1. The molecule has 0 saturated carbocycles. The largest absolute Gasteiger partial charge is 0.294 e. The molecule has 0 aliphatic carbocycles. The molecule has 0 saturated heterocycles. The summed E-state index contributed by atoms with van der Waals surface area (Å²) in [6.07, 6.45) is 0.537. The molecule has 0 fully saturated rings. The van der Waals surface area contributed by atoms with Gasteiger partial charge in [-0.25, -0.2) is 0 Å². The summed E-state index contributed by atoms with van der Waals surface area (Å²) in [6.45, 7) is 3.85. The van der Waals surface area contributed by atoms with Crippen LogP contribution in [0.25, 0.3) is 11.1 Å². The summed E-state index contributed by atoms with van der Waals surface area (Å²) in [6, 6.07) is 13.7. The molecule has 0 aliphatic heterocycles. The van der Waals surface area contributed by atoms with Crippen molar-refractivity contribution in [2.75, 3.05) is 0 Å². The number of halogens is 1. The number of hydrogen-bond donors (Lipinski definition) is 0. The Hall–Kier alpha value is -1.60. The van der Waals surface area contributed by atoms with Gasteiger partial charge in [0.1, 0.15) is 0 Å². The summed E-state index contributed by atoms with van der Waals surface area (Å²) in [5, 5.41) is 0.765. The number of Topliss-reactive ketones (excluding diaryl/α,β-unsaturated/α-hetero) is 1. The second-order valence-corrected chi connectivity index (χ2v) is 4.73. The van der Waals surface area contributed by atoms with Crippen molar-refractivity contribution in [2.24, 2.45) is 0 Å². The second-order valence-electron chi connectivity index (χ2n) is 4.32. The van der Waals surface area contributed by atoms with Gasteiger partial charge in [-0.3, -0.25) is 4.79 Å². The maximum atomic E-state index is 11.5. The van der Waals surface area contributed by atoms with Gasteiger partial charge >= 0.3 is 0 Å². The normalized spacial score (nSPS) is 10.4. The van der Waals surface area contributed by atoms with Gasteiger partial charge in [-0.15, -0.1) is 0 Å². The molecule has 2 heteroatoms. The van der Waals surface area contributed by atoms with Crippen molar-refractivity contribution in [1.82, 2.24) is 0 Å². The van der Waals surface area contributed by atoms with Gasteiger partial charge in [0, 0.05) is 17.0 Å². The zero-order valence-corrected chi connectivity index (χ0v) is 11.3. The average Bonchev–Trinajstić information content (AvgIpc) is 2.41. The van der Waals surface area contributed by atoms with Crippen molar-refractivity contribution in [3.05, 3.63) is 58.6 Å². The molecule has 2 aromatic rings. The maximum Gasteiger partial charge on any atom is 0.162 e. The minimum Gasteiger partial charge on any atom is -0.294 e. The fourth-order valence-corrected chi connectivity index (χ4v) is 2.01. The van der Waals surface area contributed by atoms with E-state index in [1.54, 1.807) is 0 Å². The molecule has 0 bridgehead atoms. The molecule has 1 nitrogen and oxygen atoms in total. The van der Waals surface area contributed by atoms with Crippen LogP contribution in [0.15, 0.2) is 42.5 Å². The predicted molar refractivity (Wildman–Crippen MR) is 76.2 cm³/mol. The van der Waals surface area contributed by atoms with Gasteiger partial charge in [-0.05, 0) is 29.7 Å². The molecule has 0 heterocycles. The molecular formula is C16H15ClO. The number of carbonyl (C=O) groups is 1. The summed E-state index contributed by atoms with van der Waals surface area (Å²) in [4.78, 5) is 11.5. The highest BCUT2D eigenvalue weighted by Gasteiger charge is 2.04. The van der Waals surface area contributed by atoms with E-state index in [2.05, 4.69) is 0 Å². The Labute approximate surface area is 112 Å². The van der Waals surface area contributed by atoms with Crippen LogP contribution >= 0.6 is 11.6 Å². The third-order valence-electron chi connectivity index (χ3n) is 3.03. The number of benzene rings is 2. The molecule has 18 heavy (non-hydrogen) atoms. The van der Waals surface area contributed by atoms with E-state index in [0.717, 1.165) is 27.3 Å². The van der Waals surface area contributed by atoms with Crippen molar-refractivity contribution < 1.29 is 4.79 Å². The van der Waals surface area contributed by atoms with E-state index in [9.17, 15) is 4.79 Å². The van der Waals surface area contributed by atoms with E-state index < -0.39 is 0 Å². The second kappa shape index (κ2) is 5.36. The summed E-state index contributed by atoms with van der Waals surface area (Å²) < 4.78 is 0. The van der Waals surface area contributed by atoms with Crippen molar-refractivity contribution in [3.8, 4) is 11.1 Å². The Kier molecular flexibility index (Phi) is 3.83. The standard InChI is InChI=1S/C16H15ClO/c1-3-16(18)13-8-6-12(7-9-13)14-5-4-11(2)15(17)10-14/h4-10H,3H2,1-2H3. The molecular weight excluding hydrogens is 244 g/mol. The lowest BCUT2D eigenvalue weighted by molar-refractivity contribution is 0.0988. The first-order chi connectivity index (χ1) is 8.61. The van der Waals surface area contributed by atoms with E-state index in [0.29, 0.717) is 6.42 Å². The van der Waals surface area contributed by atoms with E-state index >= 15 is 0 Å². The Bertz CT molecular complexity index is 570. The van der Waals surface area contributed by atoms with Crippen molar-refractivity contribution in [2.45, 2.75) is 20.3 Å². The smallest absolute Gasteiger partial charge is 0.162 e. The van der Waals surface area contributed by atoms with E-state index in [-0.39, 0.29) is 5.78 Å². The zero-order valence-electron chi connectivity index (χ0n) is 10.5. The van der Waals surface area contributed by atoms with Crippen LogP contribution in [0.2, 0.25) is 5.02 Å². The molecule has 2 aromatic carbocycles. The predicted octanol–water partition coefficient (Wildman–Crippen LogP) is 4.91. The third kappa shape index (κ3) is 2.62. The molecule has 0 N–H and O–H groups in total. The first kappa shape index (κ1) is 12.8. The van der Waals surface area contributed by atoms with Gasteiger partial charge in [-0.2, -0.15) is 0 Å². The van der Waals surface area contributed by atoms with E-state index in [4.69, 9.17) is 11.6 Å². The minimum absolute atomic E-state index is 0.170. The van der Waals surface area contributed by atoms with Crippen LogP contribution in [0, 0.1) is 6.92 Å². The topological polar surface area (TPSA) is 17.1 Å². The van der Waals surface area contributed by atoms with Gasteiger partial charge in [0.15, 0.2) is 5.78 Å². The molecule has 0 amide bonds. The quantitative estimate of drug-likeness (QED) is 0.715. The molecule has 0 spiro atoms. The lowest BCUT2D eigenvalue weighted by Crippen LogP contribution is -1.95. The van der Waals surface area contributed by atoms with Crippen molar-refractivity contribution in [3.63, 3.8) is 0 Å². The highest BCUT2D eigenvalue weighted by molar-refractivity contribution is 6.31. The Balaban J connectivity index is 2.34. The molecule has 0 aliphatic rings. The molecule has 0 unspecified atom stereocenters. The molecule has 92 valence electrons. The highest BCUT2D eigenvalue weighted by atomic mass is 35.5. The first-order valence-electron chi connectivity index (χ1n) is 6.01. The monoisotopic (exact) mass is 258 g/mol. The van der Waals surface area contributed by atoms with E-state index in [1.165, 1.54) is 0 Å². The minimum atomic E-state index is 0.170. The Morgan fingerprint density at radius 1 is 1.06 bits per heavy atom. The van der Waals surface area contributed by atoms with Gasteiger partial charge in [0.25, 0.3) is 0 Å². The van der Waals surface area contributed by atoms with Crippen LogP contribution in [-0.2, 0) is 0 Å². The first-order valence-corrected chi connectivity index (χ1v) is 6.39. The summed E-state index contributed by atoms with van der Waals surface area (Å²) in [5.74, 6) is 0.170. The van der Waals surface area contributed by atoms with Gasteiger partial charge in [0.2, 0.25) is 0 Å². The van der Waals surface area contributed by atoms with E-state index in [1.807, 2.05) is 56.3 Å². The molecule has 2 rings (SSSR count). The molecule has 0 radical (unpaired) electrons. The van der Waals surface area contributed by atoms with Gasteiger partial charge < -0.3 is 0 Å². The van der Waals surface area contributed by atoms with Crippen LogP contribution in [-0.4, -0.2) is 5.78 Å². The lowest BCUT2D eigenvalue weighted by Gasteiger charge is -2.05. The Morgan fingerprint density at radius 2 is 1.67 bits per heavy atom. The van der Waals surface area contributed by atoms with Crippen LogP contribution in [0.5, 0.6) is 0 Å². The van der Waals surface area contributed by atoms with Crippen LogP contribution in [0.3, 0.4) is 0 Å². The van der Waals surface area contributed by atoms with Crippen molar-refractivity contribution in [1.29, 1.82) is 0 Å². The fraction of sp³-hybridized carbons (Fsp3) is 0.188. The summed E-state index contributed by atoms with van der Waals surface area (Å²) >= 11 is 6.11. The maximum absolute atomic E-state index is 11.5. The Morgan fingerprint density at radius 3 is 2.22 bits per heavy atom. The molecule has 0 atom stereocenters. The van der Waals surface area contributed by atoms with Crippen molar-refractivity contribution >= 4 is 17.4 Å². The number of carbonyl (C=O) groups excluding carboxylic acids is 1. The number of hydrogen-bond acceptors (Lipinski definition) is 1. The molecule has 0 aromatic heterocycles. The third-order valence-corrected chi connectivity index (χ3v) is 3.44.